The molecule has 2 atom stereocenters. The number of rotatable bonds is 3. The van der Waals surface area contributed by atoms with Gasteiger partial charge in [0.15, 0.2) is 0 Å². The zero-order chi connectivity index (χ0) is 13.7. The minimum atomic E-state index is -0.942. The van der Waals surface area contributed by atoms with Gasteiger partial charge >= 0.3 is 0 Å². The van der Waals surface area contributed by atoms with Crippen molar-refractivity contribution in [1.82, 2.24) is 10.2 Å². The van der Waals surface area contributed by atoms with Gasteiger partial charge in [-0.15, -0.1) is 0 Å². The number of carbonyl (C=O) groups is 2. The maximum Gasteiger partial charge on any atom is 0.252 e. The van der Waals surface area contributed by atoms with Gasteiger partial charge in [-0.25, -0.2) is 0 Å². The fourth-order valence-corrected chi connectivity index (χ4v) is 3.88. The highest BCUT2D eigenvalue weighted by atomic mass is 16.7. The van der Waals surface area contributed by atoms with Gasteiger partial charge in [0, 0.05) is 25.5 Å². The normalized spacial score (nSPS) is 41.5. The Morgan fingerprint density at radius 1 is 1.35 bits per heavy atom. The van der Waals surface area contributed by atoms with Gasteiger partial charge in [0.1, 0.15) is 6.54 Å². The molecule has 1 N–H and O–H groups in total. The van der Waals surface area contributed by atoms with E-state index in [4.69, 9.17) is 9.47 Å². The Balaban J connectivity index is 1.41. The maximum atomic E-state index is 12.1. The second-order valence-corrected chi connectivity index (χ2v) is 6.18. The van der Waals surface area contributed by atoms with Crippen LogP contribution in [0.4, 0.5) is 0 Å². The number of nitrogens with one attached hydrogen (secondary N) is 1. The van der Waals surface area contributed by atoms with Crippen molar-refractivity contribution >= 4 is 11.8 Å². The average Bonchev–Trinajstić information content (AvgIpc) is 2.72. The van der Waals surface area contributed by atoms with Gasteiger partial charge in [-0.3, -0.25) is 9.59 Å². The monoisotopic (exact) mass is 278 g/mol. The first-order chi connectivity index (χ1) is 9.62. The van der Waals surface area contributed by atoms with E-state index in [1.165, 1.54) is 11.0 Å². The van der Waals surface area contributed by atoms with E-state index in [1.807, 2.05) is 0 Å². The Bertz CT molecular complexity index is 452. The fourth-order valence-electron chi connectivity index (χ4n) is 3.88. The lowest BCUT2D eigenvalue weighted by Crippen LogP contribution is -2.66. The molecule has 0 radical (unpaired) electrons. The second-order valence-electron chi connectivity index (χ2n) is 6.18. The molecule has 108 valence electrons. The lowest BCUT2D eigenvalue weighted by Gasteiger charge is -2.55. The predicted molar refractivity (Wildman–Crippen MR) is 68.3 cm³/mol. The molecule has 2 amide bonds. The molecule has 0 aromatic rings. The number of hydrogen-bond donors (Lipinski definition) is 1. The Hall–Kier alpha value is -1.40. The van der Waals surface area contributed by atoms with E-state index in [0.717, 1.165) is 25.7 Å². The first-order valence-corrected chi connectivity index (χ1v) is 7.24. The number of ether oxygens (including phenoxy) is 2. The van der Waals surface area contributed by atoms with Gasteiger partial charge in [0.2, 0.25) is 11.8 Å². The highest BCUT2D eigenvalue weighted by Crippen LogP contribution is 2.47. The molecule has 5 aliphatic rings. The Morgan fingerprint density at radius 2 is 2.10 bits per heavy atom. The summed E-state index contributed by atoms with van der Waals surface area (Å²) in [7, 11) is 0. The van der Waals surface area contributed by atoms with Crippen molar-refractivity contribution in [2.24, 2.45) is 5.92 Å². The van der Waals surface area contributed by atoms with Crippen molar-refractivity contribution in [3.63, 3.8) is 0 Å². The molecule has 6 heteroatoms. The van der Waals surface area contributed by atoms with Crippen molar-refractivity contribution in [2.75, 3.05) is 13.1 Å². The molecule has 0 spiro atoms. The molecular formula is C14H18N2O4. The van der Waals surface area contributed by atoms with Gasteiger partial charge in [-0.2, -0.15) is 0 Å². The van der Waals surface area contributed by atoms with Gasteiger partial charge in [0.05, 0.1) is 12.2 Å². The number of hydrogen-bond acceptors (Lipinski definition) is 4. The third-order valence-electron chi connectivity index (χ3n) is 4.55. The van der Waals surface area contributed by atoms with Crippen LogP contribution in [0.15, 0.2) is 12.2 Å². The minimum absolute atomic E-state index is 0.0559. The Kier molecular flexibility index (Phi) is 2.65. The van der Waals surface area contributed by atoms with E-state index in [-0.39, 0.29) is 30.6 Å². The third-order valence-corrected chi connectivity index (χ3v) is 4.55. The van der Waals surface area contributed by atoms with E-state index >= 15 is 0 Å². The molecule has 6 nitrogen and oxygen atoms in total. The molecule has 20 heavy (non-hydrogen) atoms. The fraction of sp³-hybridized carbons (Fsp3) is 0.714. The summed E-state index contributed by atoms with van der Waals surface area (Å²) in [5.41, 5.74) is 0. The molecule has 4 fully saturated rings. The first-order valence-electron chi connectivity index (χ1n) is 7.24. The maximum absolute atomic E-state index is 12.1. The van der Waals surface area contributed by atoms with E-state index in [1.54, 1.807) is 6.08 Å². The van der Waals surface area contributed by atoms with Gasteiger partial charge in [-0.05, 0) is 18.8 Å². The summed E-state index contributed by atoms with van der Waals surface area (Å²) < 4.78 is 11.8. The lowest BCUT2D eigenvalue weighted by molar-refractivity contribution is -0.379. The van der Waals surface area contributed by atoms with Crippen LogP contribution in [0.5, 0.6) is 0 Å². The van der Waals surface area contributed by atoms with Gasteiger partial charge in [-0.1, -0.05) is 6.08 Å². The summed E-state index contributed by atoms with van der Waals surface area (Å²) >= 11 is 0. The van der Waals surface area contributed by atoms with E-state index in [0.29, 0.717) is 12.5 Å². The van der Waals surface area contributed by atoms with Crippen molar-refractivity contribution < 1.29 is 19.1 Å². The molecule has 0 aromatic carbocycles. The third kappa shape index (κ3) is 2.03. The highest BCUT2D eigenvalue weighted by Gasteiger charge is 2.54. The summed E-state index contributed by atoms with van der Waals surface area (Å²) in [6.45, 7) is 0.551. The molecular weight excluding hydrogens is 260 g/mol. The predicted octanol–water partition coefficient (Wildman–Crippen LogP) is 0.143. The van der Waals surface area contributed by atoms with Crippen LogP contribution < -0.4 is 5.32 Å². The molecule has 4 heterocycles. The molecule has 1 aliphatic carbocycles. The summed E-state index contributed by atoms with van der Waals surface area (Å²) in [5.74, 6) is -0.699. The number of carbonyl (C=O) groups excluding carboxylic acids is 2. The van der Waals surface area contributed by atoms with E-state index in [9.17, 15) is 9.59 Å². The quantitative estimate of drug-likeness (QED) is 0.797. The van der Waals surface area contributed by atoms with Crippen LogP contribution in [-0.4, -0.2) is 47.9 Å². The molecule has 3 saturated heterocycles. The van der Waals surface area contributed by atoms with Crippen molar-refractivity contribution in [3.05, 3.63) is 12.2 Å². The van der Waals surface area contributed by atoms with Crippen molar-refractivity contribution in [1.29, 1.82) is 0 Å². The van der Waals surface area contributed by atoms with Crippen LogP contribution in [0.2, 0.25) is 0 Å². The molecule has 2 unspecified atom stereocenters. The standard InChI is InChI=1S/C14H18N2O4/c17-12(8-16-3-1-2-13(16)18)15-14-7-9-4-10(19-14)6-11(5-9)20-14/h1-2,9-11H,3-8H2,(H,15,17). The van der Waals surface area contributed by atoms with E-state index in [2.05, 4.69) is 5.32 Å². The van der Waals surface area contributed by atoms with Gasteiger partial charge < -0.3 is 19.7 Å². The van der Waals surface area contributed by atoms with Crippen LogP contribution in [0, 0.1) is 5.92 Å². The van der Waals surface area contributed by atoms with Crippen LogP contribution in [0.25, 0.3) is 0 Å². The van der Waals surface area contributed by atoms with Crippen LogP contribution in [0.3, 0.4) is 0 Å². The second kappa shape index (κ2) is 4.30. The van der Waals surface area contributed by atoms with Crippen LogP contribution in [-0.2, 0) is 19.1 Å². The Labute approximate surface area is 117 Å². The van der Waals surface area contributed by atoms with E-state index < -0.39 is 5.91 Å². The van der Waals surface area contributed by atoms with Gasteiger partial charge in [0.25, 0.3) is 5.91 Å². The first kappa shape index (κ1) is 12.3. The molecule has 5 rings (SSSR count). The average molecular weight is 278 g/mol. The summed E-state index contributed by atoms with van der Waals surface area (Å²) in [5, 5.41) is 2.87. The van der Waals surface area contributed by atoms with Crippen LogP contribution in [0.1, 0.15) is 25.7 Å². The Morgan fingerprint density at radius 3 is 2.70 bits per heavy atom. The SMILES string of the molecule is O=C(CN1CC=CC1=O)NC12CC3CC(CC(C3)O1)O2. The van der Waals surface area contributed by atoms with Crippen molar-refractivity contribution in [2.45, 2.75) is 43.8 Å². The largest absolute Gasteiger partial charge is 0.329 e. The molecule has 1 saturated carbocycles. The number of amides is 2. The highest BCUT2D eigenvalue weighted by molar-refractivity contribution is 5.93. The smallest absolute Gasteiger partial charge is 0.252 e. The summed E-state index contributed by atoms with van der Waals surface area (Å²) in [4.78, 5) is 25.1. The lowest BCUT2D eigenvalue weighted by atomic mass is 9.77. The topological polar surface area (TPSA) is 67.9 Å². The molecule has 4 bridgehead atoms. The summed E-state index contributed by atoms with van der Waals surface area (Å²) in [6, 6.07) is 0. The zero-order valence-electron chi connectivity index (χ0n) is 11.2. The van der Waals surface area contributed by atoms with Crippen LogP contribution >= 0.6 is 0 Å². The molecule has 4 aliphatic heterocycles. The number of nitrogens with zero attached hydrogens (tertiary/aromatic N) is 1. The molecule has 0 aromatic heterocycles. The summed E-state index contributed by atoms with van der Waals surface area (Å²) in [6.07, 6.45) is 7.46. The zero-order valence-corrected chi connectivity index (χ0v) is 11.2. The van der Waals surface area contributed by atoms with Crippen molar-refractivity contribution in [3.8, 4) is 0 Å². The minimum Gasteiger partial charge on any atom is -0.329 e.